The van der Waals surface area contributed by atoms with Gasteiger partial charge in [0.15, 0.2) is 0 Å². The summed E-state index contributed by atoms with van der Waals surface area (Å²) in [4.78, 5) is 1.31. The van der Waals surface area contributed by atoms with E-state index in [0.29, 0.717) is 0 Å². The Balaban J connectivity index is 2.22. The molecule has 0 amide bonds. The number of rotatable bonds is 5. The third-order valence-corrected chi connectivity index (χ3v) is 4.31. The van der Waals surface area contributed by atoms with Crippen LogP contribution in [0, 0.1) is 17.8 Å². The first-order chi connectivity index (χ1) is 7.13. The first-order valence-electron chi connectivity index (χ1n) is 6.53. The fourth-order valence-corrected chi connectivity index (χ4v) is 2.82. The Bertz CT molecular complexity index is 207. The van der Waals surface area contributed by atoms with E-state index in [0.717, 1.165) is 17.8 Å². The van der Waals surface area contributed by atoms with Crippen molar-refractivity contribution >= 4 is 12.6 Å². The zero-order chi connectivity index (χ0) is 11.3. The lowest BCUT2D eigenvalue weighted by molar-refractivity contribution is 0.328. The van der Waals surface area contributed by atoms with Gasteiger partial charge in [-0.15, -0.1) is 12.6 Å². The van der Waals surface area contributed by atoms with Crippen molar-refractivity contribution in [2.24, 2.45) is 17.8 Å². The van der Waals surface area contributed by atoms with Crippen molar-refractivity contribution in [3.63, 3.8) is 0 Å². The highest BCUT2D eigenvalue weighted by Gasteiger charge is 2.19. The Labute approximate surface area is 101 Å². The van der Waals surface area contributed by atoms with Crippen LogP contribution < -0.4 is 0 Å². The van der Waals surface area contributed by atoms with Gasteiger partial charge in [-0.1, -0.05) is 46.1 Å². The Hall–Kier alpha value is 0.0900. The second-order valence-electron chi connectivity index (χ2n) is 5.26. The third kappa shape index (κ3) is 4.63. The third-order valence-electron chi connectivity index (χ3n) is 3.94. The lowest BCUT2D eigenvalue weighted by Crippen LogP contribution is -2.14. The molecule has 0 aromatic carbocycles. The normalized spacial score (nSPS) is 28.7. The molecule has 1 rings (SSSR count). The zero-order valence-electron chi connectivity index (χ0n) is 10.5. The summed E-state index contributed by atoms with van der Waals surface area (Å²) in [5, 5.41) is 0. The number of allylic oxidation sites excluding steroid dienone is 2. The summed E-state index contributed by atoms with van der Waals surface area (Å²) in [6.07, 6.45) is 10.5. The number of hydrogen-bond acceptors (Lipinski definition) is 1. The topological polar surface area (TPSA) is 0 Å². The minimum atomic E-state index is 0.753. The van der Waals surface area contributed by atoms with Crippen LogP contribution in [0.15, 0.2) is 11.0 Å². The molecule has 0 heterocycles. The second-order valence-corrected chi connectivity index (χ2v) is 5.83. The van der Waals surface area contributed by atoms with Gasteiger partial charge in [-0.25, -0.2) is 0 Å². The first-order valence-corrected chi connectivity index (χ1v) is 6.97. The average molecular weight is 226 g/mol. The molecular formula is C14H26S. The summed E-state index contributed by atoms with van der Waals surface area (Å²) in [5.74, 6) is 2.59. The quantitative estimate of drug-likeness (QED) is 0.622. The maximum Gasteiger partial charge on any atom is -0.0221 e. The van der Waals surface area contributed by atoms with Crippen molar-refractivity contribution in [1.29, 1.82) is 0 Å². The monoisotopic (exact) mass is 226 g/mol. The van der Waals surface area contributed by atoms with Crippen molar-refractivity contribution in [3.8, 4) is 0 Å². The van der Waals surface area contributed by atoms with Gasteiger partial charge in [0.2, 0.25) is 0 Å². The van der Waals surface area contributed by atoms with Gasteiger partial charge in [0.1, 0.15) is 0 Å². The van der Waals surface area contributed by atoms with E-state index in [9.17, 15) is 0 Å². The molecule has 1 aliphatic carbocycles. The van der Waals surface area contributed by atoms with Crippen LogP contribution in [0.3, 0.4) is 0 Å². The maximum absolute atomic E-state index is 4.46. The summed E-state index contributed by atoms with van der Waals surface area (Å²) < 4.78 is 0. The Morgan fingerprint density at radius 3 is 2.87 bits per heavy atom. The van der Waals surface area contributed by atoms with Crippen LogP contribution in [0.4, 0.5) is 0 Å². The summed E-state index contributed by atoms with van der Waals surface area (Å²) in [5.41, 5.74) is 0. The predicted molar refractivity (Wildman–Crippen MR) is 72.3 cm³/mol. The lowest BCUT2D eigenvalue weighted by Gasteiger charge is -2.26. The molecule has 0 spiro atoms. The van der Waals surface area contributed by atoms with E-state index in [2.05, 4.69) is 39.5 Å². The van der Waals surface area contributed by atoms with Gasteiger partial charge in [-0.05, 0) is 41.9 Å². The van der Waals surface area contributed by atoms with E-state index in [1.807, 2.05) is 0 Å². The van der Waals surface area contributed by atoms with E-state index in [1.165, 1.54) is 43.4 Å². The van der Waals surface area contributed by atoms with E-state index in [4.69, 9.17) is 0 Å². The highest BCUT2D eigenvalue weighted by Crippen LogP contribution is 2.33. The fourth-order valence-electron chi connectivity index (χ4n) is 2.46. The van der Waals surface area contributed by atoms with Crippen LogP contribution in [0.2, 0.25) is 0 Å². The standard InChI is InChI=1S/C14H26S/c1-4-11(2)6-5-7-13-8-9-14(15)10-12(13)3/h10-13,15H,4-9H2,1-3H3/t11-,12?,13?/m0/s1. The molecule has 2 unspecified atom stereocenters. The molecule has 1 aliphatic rings. The second kappa shape index (κ2) is 6.62. The molecule has 1 heteroatoms. The van der Waals surface area contributed by atoms with Gasteiger partial charge in [0.05, 0.1) is 0 Å². The molecule has 0 aromatic rings. The van der Waals surface area contributed by atoms with Crippen molar-refractivity contribution in [1.82, 2.24) is 0 Å². The SMILES string of the molecule is CC[C@H](C)CCCC1CCC(S)=CC1C. The molecule has 0 saturated heterocycles. The molecule has 3 atom stereocenters. The number of thiol groups is 1. The predicted octanol–water partition coefficient (Wildman–Crippen LogP) is 5.06. The van der Waals surface area contributed by atoms with Gasteiger partial charge >= 0.3 is 0 Å². The molecule has 0 fully saturated rings. The molecule has 0 saturated carbocycles. The highest BCUT2D eigenvalue weighted by molar-refractivity contribution is 7.84. The molecule has 0 aliphatic heterocycles. The zero-order valence-corrected chi connectivity index (χ0v) is 11.4. The molecule has 15 heavy (non-hydrogen) atoms. The van der Waals surface area contributed by atoms with Crippen LogP contribution in [-0.4, -0.2) is 0 Å². The molecule has 0 aromatic heterocycles. The van der Waals surface area contributed by atoms with Crippen molar-refractivity contribution in [3.05, 3.63) is 11.0 Å². The van der Waals surface area contributed by atoms with Crippen LogP contribution in [0.5, 0.6) is 0 Å². The molecule has 0 bridgehead atoms. The fraction of sp³-hybridized carbons (Fsp3) is 0.857. The molecule has 88 valence electrons. The summed E-state index contributed by atoms with van der Waals surface area (Å²) in [7, 11) is 0. The lowest BCUT2D eigenvalue weighted by atomic mass is 9.81. The Morgan fingerprint density at radius 2 is 2.27 bits per heavy atom. The van der Waals surface area contributed by atoms with Gasteiger partial charge in [-0.3, -0.25) is 0 Å². The number of hydrogen-bond donors (Lipinski definition) is 1. The minimum absolute atomic E-state index is 0.753. The van der Waals surface area contributed by atoms with Gasteiger partial charge < -0.3 is 0 Å². The van der Waals surface area contributed by atoms with E-state index in [-0.39, 0.29) is 0 Å². The minimum Gasteiger partial charge on any atom is -0.148 e. The summed E-state index contributed by atoms with van der Waals surface area (Å²) in [6, 6.07) is 0. The van der Waals surface area contributed by atoms with Gasteiger partial charge in [0, 0.05) is 0 Å². The maximum atomic E-state index is 4.46. The Kier molecular flexibility index (Phi) is 5.81. The first kappa shape index (κ1) is 13.2. The van der Waals surface area contributed by atoms with Gasteiger partial charge in [0.25, 0.3) is 0 Å². The average Bonchev–Trinajstić information content (AvgIpc) is 2.21. The molecular weight excluding hydrogens is 200 g/mol. The molecule has 0 radical (unpaired) electrons. The van der Waals surface area contributed by atoms with Crippen LogP contribution in [0.25, 0.3) is 0 Å². The molecule has 0 N–H and O–H groups in total. The van der Waals surface area contributed by atoms with Crippen molar-refractivity contribution in [2.75, 3.05) is 0 Å². The van der Waals surface area contributed by atoms with Crippen LogP contribution in [-0.2, 0) is 0 Å². The van der Waals surface area contributed by atoms with E-state index >= 15 is 0 Å². The smallest absolute Gasteiger partial charge is 0.0221 e. The largest absolute Gasteiger partial charge is 0.148 e. The van der Waals surface area contributed by atoms with Gasteiger partial charge in [-0.2, -0.15) is 0 Å². The summed E-state index contributed by atoms with van der Waals surface area (Å²) in [6.45, 7) is 7.02. The van der Waals surface area contributed by atoms with Crippen LogP contribution in [0.1, 0.15) is 59.3 Å². The summed E-state index contributed by atoms with van der Waals surface area (Å²) >= 11 is 4.46. The van der Waals surface area contributed by atoms with E-state index < -0.39 is 0 Å². The van der Waals surface area contributed by atoms with E-state index in [1.54, 1.807) is 0 Å². The highest BCUT2D eigenvalue weighted by atomic mass is 32.1. The van der Waals surface area contributed by atoms with Crippen molar-refractivity contribution in [2.45, 2.75) is 59.3 Å². The molecule has 0 nitrogen and oxygen atoms in total. The Morgan fingerprint density at radius 1 is 1.53 bits per heavy atom. The van der Waals surface area contributed by atoms with Crippen LogP contribution >= 0.6 is 12.6 Å². The van der Waals surface area contributed by atoms with Crippen molar-refractivity contribution < 1.29 is 0 Å².